The lowest BCUT2D eigenvalue weighted by atomic mass is 10.0. The first-order valence-corrected chi connectivity index (χ1v) is 7.79. The molecule has 0 aromatic heterocycles. The summed E-state index contributed by atoms with van der Waals surface area (Å²) in [5.41, 5.74) is 8.01. The second kappa shape index (κ2) is 6.94. The van der Waals surface area contributed by atoms with Crippen molar-refractivity contribution in [3.8, 4) is 5.75 Å². The van der Waals surface area contributed by atoms with E-state index in [1.165, 1.54) is 0 Å². The average Bonchev–Trinajstić information content (AvgIpc) is 3.23. The summed E-state index contributed by atoms with van der Waals surface area (Å²) in [7, 11) is 0. The molecule has 2 N–H and O–H groups in total. The fourth-order valence-electron chi connectivity index (χ4n) is 2.67. The number of nitrogens with two attached hydrogens (primary N) is 1. The van der Waals surface area contributed by atoms with Crippen LogP contribution in [0.25, 0.3) is 0 Å². The number of ether oxygens (including phenoxy) is 1. The fraction of sp³-hybridized carbons (Fsp3) is 0.588. The Balaban J connectivity index is 2.03. The van der Waals surface area contributed by atoms with Crippen LogP contribution in [0.1, 0.15) is 37.8 Å². The van der Waals surface area contributed by atoms with Crippen LogP contribution in [0.5, 0.6) is 5.75 Å². The minimum absolute atomic E-state index is 0.0726. The number of hydrogen-bond acceptors (Lipinski definition) is 3. The quantitative estimate of drug-likeness (QED) is 0.838. The summed E-state index contributed by atoms with van der Waals surface area (Å²) in [6, 6.07) is 6.54. The fourth-order valence-corrected chi connectivity index (χ4v) is 2.67. The van der Waals surface area contributed by atoms with E-state index in [0.29, 0.717) is 6.04 Å². The summed E-state index contributed by atoms with van der Waals surface area (Å²) in [5.74, 6) is 0.894. The summed E-state index contributed by atoms with van der Waals surface area (Å²) in [4.78, 5) is 14.2. The lowest BCUT2D eigenvalue weighted by Gasteiger charge is -2.21. The molecule has 1 aromatic carbocycles. The van der Waals surface area contributed by atoms with E-state index in [2.05, 4.69) is 0 Å². The molecule has 0 bridgehead atoms. The summed E-state index contributed by atoms with van der Waals surface area (Å²) < 4.78 is 5.84. The predicted molar refractivity (Wildman–Crippen MR) is 84.4 cm³/mol. The normalized spacial score (nSPS) is 15.6. The van der Waals surface area contributed by atoms with Gasteiger partial charge in [-0.25, -0.2) is 0 Å². The van der Waals surface area contributed by atoms with Gasteiger partial charge in [-0.05, 0) is 51.2 Å². The molecule has 1 aliphatic rings. The van der Waals surface area contributed by atoms with Gasteiger partial charge in [0.1, 0.15) is 5.75 Å². The molecule has 0 radical (unpaired) electrons. The van der Waals surface area contributed by atoms with Crippen LogP contribution in [-0.2, 0) is 11.2 Å². The monoisotopic (exact) mass is 290 g/mol. The lowest BCUT2D eigenvalue weighted by Crippen LogP contribution is -2.36. The SMILES string of the molecule is CCN(C(=O)COc1c(C)cccc1CC(C)N)C1CC1. The Hall–Kier alpha value is -1.55. The summed E-state index contributed by atoms with van der Waals surface area (Å²) in [6.07, 6.45) is 3.01. The van der Waals surface area contributed by atoms with Crippen molar-refractivity contribution in [2.45, 2.75) is 52.1 Å². The number of likely N-dealkylation sites (N-methyl/N-ethyl adjacent to an activating group) is 1. The van der Waals surface area contributed by atoms with E-state index >= 15 is 0 Å². The third kappa shape index (κ3) is 4.21. The van der Waals surface area contributed by atoms with Crippen LogP contribution in [-0.4, -0.2) is 36.0 Å². The Bertz CT molecular complexity index is 496. The van der Waals surface area contributed by atoms with Crippen LogP contribution in [0.15, 0.2) is 18.2 Å². The molecule has 1 aromatic rings. The molecular formula is C17H26N2O2. The van der Waals surface area contributed by atoms with Gasteiger partial charge in [0.15, 0.2) is 6.61 Å². The maximum absolute atomic E-state index is 12.3. The number of hydrogen-bond donors (Lipinski definition) is 1. The van der Waals surface area contributed by atoms with Gasteiger partial charge in [0.2, 0.25) is 0 Å². The van der Waals surface area contributed by atoms with E-state index < -0.39 is 0 Å². The number of amides is 1. The van der Waals surface area contributed by atoms with Crippen molar-refractivity contribution in [2.75, 3.05) is 13.2 Å². The van der Waals surface area contributed by atoms with Gasteiger partial charge in [-0.3, -0.25) is 4.79 Å². The molecule has 21 heavy (non-hydrogen) atoms. The third-order valence-corrected chi connectivity index (χ3v) is 3.82. The van der Waals surface area contributed by atoms with Gasteiger partial charge in [-0.1, -0.05) is 18.2 Å². The first-order chi connectivity index (χ1) is 10.0. The first-order valence-electron chi connectivity index (χ1n) is 7.79. The largest absolute Gasteiger partial charge is 0.483 e. The number of nitrogens with zero attached hydrogens (tertiary/aromatic N) is 1. The van der Waals surface area contributed by atoms with E-state index in [1.807, 2.05) is 43.9 Å². The highest BCUT2D eigenvalue weighted by atomic mass is 16.5. The molecule has 4 heteroatoms. The molecule has 0 spiro atoms. The number of benzene rings is 1. The Kier molecular flexibility index (Phi) is 5.23. The van der Waals surface area contributed by atoms with E-state index in [9.17, 15) is 4.79 Å². The van der Waals surface area contributed by atoms with Gasteiger partial charge in [0, 0.05) is 18.6 Å². The van der Waals surface area contributed by atoms with Crippen LogP contribution in [0.2, 0.25) is 0 Å². The van der Waals surface area contributed by atoms with E-state index in [0.717, 1.165) is 42.7 Å². The van der Waals surface area contributed by atoms with E-state index in [1.54, 1.807) is 0 Å². The molecule has 4 nitrogen and oxygen atoms in total. The van der Waals surface area contributed by atoms with Gasteiger partial charge in [0.25, 0.3) is 5.91 Å². The molecular weight excluding hydrogens is 264 g/mol. The molecule has 116 valence electrons. The number of para-hydroxylation sites is 1. The van der Waals surface area contributed by atoms with Gasteiger partial charge < -0.3 is 15.4 Å². The molecule has 2 rings (SSSR count). The maximum atomic E-state index is 12.3. The van der Waals surface area contributed by atoms with Crippen LogP contribution in [0.4, 0.5) is 0 Å². The van der Waals surface area contributed by atoms with Crippen molar-refractivity contribution in [1.29, 1.82) is 0 Å². The lowest BCUT2D eigenvalue weighted by molar-refractivity contribution is -0.133. The average molecular weight is 290 g/mol. The zero-order valence-electron chi connectivity index (χ0n) is 13.3. The van der Waals surface area contributed by atoms with Crippen LogP contribution >= 0.6 is 0 Å². The van der Waals surface area contributed by atoms with Gasteiger partial charge >= 0.3 is 0 Å². The number of rotatable bonds is 7. The predicted octanol–water partition coefficient (Wildman–Crippen LogP) is 2.27. The number of carbonyl (C=O) groups excluding carboxylic acids is 1. The van der Waals surface area contributed by atoms with Crippen molar-refractivity contribution < 1.29 is 9.53 Å². The molecule has 0 heterocycles. The molecule has 0 saturated heterocycles. The third-order valence-electron chi connectivity index (χ3n) is 3.82. The highest BCUT2D eigenvalue weighted by Crippen LogP contribution is 2.28. The molecule has 0 aliphatic heterocycles. The Labute approximate surface area is 127 Å². The molecule has 1 atom stereocenters. The first kappa shape index (κ1) is 15.8. The maximum Gasteiger partial charge on any atom is 0.260 e. The summed E-state index contributed by atoms with van der Waals surface area (Å²) >= 11 is 0. The molecule has 1 unspecified atom stereocenters. The molecule has 1 amide bonds. The van der Waals surface area contributed by atoms with Gasteiger partial charge in [-0.2, -0.15) is 0 Å². The van der Waals surface area contributed by atoms with E-state index in [-0.39, 0.29) is 18.6 Å². The van der Waals surface area contributed by atoms with Crippen molar-refractivity contribution in [3.05, 3.63) is 29.3 Å². The number of carbonyl (C=O) groups is 1. The van der Waals surface area contributed by atoms with Crippen molar-refractivity contribution in [1.82, 2.24) is 4.90 Å². The second-order valence-corrected chi connectivity index (χ2v) is 5.94. The smallest absolute Gasteiger partial charge is 0.260 e. The topological polar surface area (TPSA) is 55.6 Å². The summed E-state index contributed by atoms with van der Waals surface area (Å²) in [5, 5.41) is 0. The standard InChI is InChI=1S/C17H26N2O2/c1-4-19(15-8-9-15)16(20)11-21-17-12(2)6-5-7-14(17)10-13(3)18/h5-7,13,15H,4,8-11,18H2,1-3H3. The van der Waals surface area contributed by atoms with Crippen molar-refractivity contribution in [2.24, 2.45) is 5.73 Å². The van der Waals surface area contributed by atoms with Crippen LogP contribution in [0, 0.1) is 6.92 Å². The molecule has 1 fully saturated rings. The minimum atomic E-state index is 0.0726. The molecule has 1 aliphatic carbocycles. The molecule has 1 saturated carbocycles. The minimum Gasteiger partial charge on any atom is -0.483 e. The zero-order chi connectivity index (χ0) is 15.4. The number of aryl methyl sites for hydroxylation is 1. The van der Waals surface area contributed by atoms with Crippen LogP contribution in [0.3, 0.4) is 0 Å². The van der Waals surface area contributed by atoms with E-state index in [4.69, 9.17) is 10.5 Å². The van der Waals surface area contributed by atoms with Crippen molar-refractivity contribution >= 4 is 5.91 Å². The Morgan fingerprint density at radius 3 is 2.76 bits per heavy atom. The highest BCUT2D eigenvalue weighted by Gasteiger charge is 2.31. The Morgan fingerprint density at radius 1 is 1.48 bits per heavy atom. The highest BCUT2D eigenvalue weighted by molar-refractivity contribution is 5.78. The van der Waals surface area contributed by atoms with Crippen molar-refractivity contribution in [3.63, 3.8) is 0 Å². The van der Waals surface area contributed by atoms with Gasteiger partial charge in [-0.15, -0.1) is 0 Å². The summed E-state index contributed by atoms with van der Waals surface area (Å²) in [6.45, 7) is 6.87. The zero-order valence-corrected chi connectivity index (χ0v) is 13.3. The van der Waals surface area contributed by atoms with Gasteiger partial charge in [0.05, 0.1) is 0 Å². The second-order valence-electron chi connectivity index (χ2n) is 5.94. The Morgan fingerprint density at radius 2 is 2.19 bits per heavy atom. The van der Waals surface area contributed by atoms with Crippen LogP contribution < -0.4 is 10.5 Å².